The number of hydrogen-bond acceptors (Lipinski definition) is 4. The van der Waals surface area contributed by atoms with Crippen LogP contribution in [0.25, 0.3) is 0 Å². The van der Waals surface area contributed by atoms with Crippen molar-refractivity contribution in [3.05, 3.63) is 53.3 Å². The fourth-order valence-corrected chi connectivity index (χ4v) is 3.73. The zero-order valence-corrected chi connectivity index (χ0v) is 16.9. The van der Waals surface area contributed by atoms with Gasteiger partial charge in [-0.15, -0.1) is 0 Å². The van der Waals surface area contributed by atoms with Crippen molar-refractivity contribution in [1.29, 1.82) is 0 Å². The van der Waals surface area contributed by atoms with Crippen molar-refractivity contribution >= 4 is 5.91 Å². The molecule has 2 heterocycles. The monoisotopic (exact) mass is 382 g/mol. The van der Waals surface area contributed by atoms with Gasteiger partial charge in [-0.2, -0.15) is 5.10 Å². The maximum absolute atomic E-state index is 13.0. The molecule has 1 amide bonds. The normalized spacial score (nSPS) is 21.1. The molecule has 2 fully saturated rings. The maximum Gasteiger partial charge on any atom is 0.237 e. The van der Waals surface area contributed by atoms with E-state index in [9.17, 15) is 4.79 Å². The van der Waals surface area contributed by atoms with Gasteiger partial charge in [0.25, 0.3) is 0 Å². The van der Waals surface area contributed by atoms with Gasteiger partial charge in [0.1, 0.15) is 0 Å². The lowest BCUT2D eigenvalue weighted by atomic mass is 10.2. The number of nitrogens with zero attached hydrogens (tertiary/aromatic N) is 4. The molecule has 1 aliphatic heterocycles. The molecule has 1 atom stereocenters. The zero-order valence-electron chi connectivity index (χ0n) is 16.9. The van der Waals surface area contributed by atoms with E-state index in [4.69, 9.17) is 4.74 Å². The highest BCUT2D eigenvalue weighted by Gasteiger charge is 2.30. The van der Waals surface area contributed by atoms with E-state index in [0.29, 0.717) is 19.6 Å². The second-order valence-corrected chi connectivity index (χ2v) is 8.21. The highest BCUT2D eigenvalue weighted by atomic mass is 16.5. The number of ether oxygens (including phenoxy) is 1. The first-order valence-electron chi connectivity index (χ1n) is 10.2. The molecule has 28 heavy (non-hydrogen) atoms. The van der Waals surface area contributed by atoms with Crippen LogP contribution in [0.1, 0.15) is 29.7 Å². The molecule has 6 heteroatoms. The van der Waals surface area contributed by atoms with Gasteiger partial charge in [0.15, 0.2) is 0 Å². The third-order valence-corrected chi connectivity index (χ3v) is 5.81. The first kappa shape index (κ1) is 19.2. The summed E-state index contributed by atoms with van der Waals surface area (Å²) in [6.45, 7) is 6.12. The van der Waals surface area contributed by atoms with E-state index in [1.807, 2.05) is 41.0 Å². The predicted molar refractivity (Wildman–Crippen MR) is 108 cm³/mol. The molecule has 6 nitrogen and oxygen atoms in total. The predicted octanol–water partition coefficient (Wildman–Crippen LogP) is 2.37. The molecule has 2 aliphatic rings. The molecule has 0 spiro atoms. The molecule has 2 aromatic rings. The summed E-state index contributed by atoms with van der Waals surface area (Å²) >= 11 is 0. The van der Waals surface area contributed by atoms with E-state index in [1.165, 1.54) is 18.4 Å². The molecule has 1 saturated heterocycles. The Bertz CT molecular complexity index is 800. The maximum atomic E-state index is 13.0. The summed E-state index contributed by atoms with van der Waals surface area (Å²) in [4.78, 5) is 17.2. The van der Waals surface area contributed by atoms with Crippen molar-refractivity contribution in [3.8, 4) is 0 Å². The van der Waals surface area contributed by atoms with E-state index in [0.717, 1.165) is 36.9 Å². The van der Waals surface area contributed by atoms with E-state index < -0.39 is 0 Å². The summed E-state index contributed by atoms with van der Waals surface area (Å²) in [7, 11) is 1.95. The second-order valence-electron chi connectivity index (χ2n) is 8.21. The van der Waals surface area contributed by atoms with Gasteiger partial charge in [0.05, 0.1) is 18.8 Å². The molecule has 0 N–H and O–H groups in total. The fraction of sp³-hybridized carbons (Fsp3) is 0.545. The first-order chi connectivity index (χ1) is 13.6. The van der Waals surface area contributed by atoms with Crippen molar-refractivity contribution in [1.82, 2.24) is 19.6 Å². The summed E-state index contributed by atoms with van der Waals surface area (Å²) in [6, 6.07) is 10.2. The van der Waals surface area contributed by atoms with Crippen molar-refractivity contribution in [3.63, 3.8) is 0 Å². The molecular formula is C22H30N4O2. The summed E-state index contributed by atoms with van der Waals surface area (Å²) in [6.07, 6.45) is 4.51. The number of amides is 1. The number of aromatic nitrogens is 2. The van der Waals surface area contributed by atoms with Crippen LogP contribution in [-0.4, -0.2) is 57.8 Å². The van der Waals surface area contributed by atoms with Crippen LogP contribution in [0.4, 0.5) is 0 Å². The Morgan fingerprint density at radius 2 is 1.93 bits per heavy atom. The minimum absolute atomic E-state index is 0.0488. The summed E-state index contributed by atoms with van der Waals surface area (Å²) in [5.41, 5.74) is 3.48. The van der Waals surface area contributed by atoms with Gasteiger partial charge in [-0.25, -0.2) is 0 Å². The quantitative estimate of drug-likeness (QED) is 0.738. The fourth-order valence-electron chi connectivity index (χ4n) is 3.73. The number of aryl methyl sites for hydroxylation is 1. The third kappa shape index (κ3) is 4.80. The van der Waals surface area contributed by atoms with E-state index in [2.05, 4.69) is 29.1 Å². The van der Waals surface area contributed by atoms with Crippen molar-refractivity contribution in [2.75, 3.05) is 26.2 Å². The van der Waals surface area contributed by atoms with Crippen LogP contribution < -0.4 is 0 Å². The van der Waals surface area contributed by atoms with Crippen LogP contribution in [-0.2, 0) is 29.7 Å². The highest BCUT2D eigenvalue weighted by molar-refractivity contribution is 5.78. The summed E-state index contributed by atoms with van der Waals surface area (Å²) in [5, 5.41) is 4.35. The van der Waals surface area contributed by atoms with Crippen LogP contribution in [0.2, 0.25) is 0 Å². The number of hydrogen-bond donors (Lipinski definition) is 0. The van der Waals surface area contributed by atoms with E-state index in [-0.39, 0.29) is 12.0 Å². The van der Waals surface area contributed by atoms with Crippen LogP contribution in [0.3, 0.4) is 0 Å². The number of rotatable bonds is 7. The van der Waals surface area contributed by atoms with Gasteiger partial charge >= 0.3 is 0 Å². The molecule has 1 saturated carbocycles. The zero-order chi connectivity index (χ0) is 19.5. The second kappa shape index (κ2) is 8.45. The Morgan fingerprint density at radius 3 is 2.61 bits per heavy atom. The Morgan fingerprint density at radius 1 is 1.14 bits per heavy atom. The van der Waals surface area contributed by atoms with Crippen LogP contribution in [0.15, 0.2) is 36.5 Å². The lowest BCUT2D eigenvalue weighted by Crippen LogP contribution is -2.37. The van der Waals surface area contributed by atoms with Gasteiger partial charge in [-0.05, 0) is 31.2 Å². The molecule has 0 radical (unpaired) electrons. The van der Waals surface area contributed by atoms with Crippen LogP contribution in [0.5, 0.6) is 0 Å². The average molecular weight is 383 g/mol. The SMILES string of the molecule is Cc1c(CN2CC(=O)N(Cc3ccccc3)CC(OCC3CC3)C2)cnn1C. The Labute approximate surface area is 167 Å². The lowest BCUT2D eigenvalue weighted by Gasteiger charge is -2.25. The standard InChI is InChI=1S/C22H30N4O2/c1-17-20(10-23-24(17)2)12-25-13-21(28-16-19-8-9-19)14-26(22(27)15-25)11-18-6-4-3-5-7-18/h3-7,10,19,21H,8-9,11-16H2,1-2H3. The third-order valence-electron chi connectivity index (χ3n) is 5.81. The first-order valence-corrected chi connectivity index (χ1v) is 10.2. The minimum Gasteiger partial charge on any atom is -0.375 e. The summed E-state index contributed by atoms with van der Waals surface area (Å²) in [5.74, 6) is 0.887. The van der Waals surface area contributed by atoms with Crippen molar-refractivity contribution < 1.29 is 9.53 Å². The molecule has 1 unspecified atom stereocenters. The number of carbonyl (C=O) groups excluding carboxylic acids is 1. The molecule has 0 bridgehead atoms. The summed E-state index contributed by atoms with van der Waals surface area (Å²) < 4.78 is 8.14. The smallest absolute Gasteiger partial charge is 0.237 e. The van der Waals surface area contributed by atoms with Gasteiger partial charge in [0, 0.05) is 51.1 Å². The lowest BCUT2D eigenvalue weighted by molar-refractivity contribution is -0.132. The van der Waals surface area contributed by atoms with Crippen molar-refractivity contribution in [2.45, 2.75) is 39.0 Å². The average Bonchev–Trinajstić information content (AvgIpc) is 3.48. The molecule has 4 rings (SSSR count). The van der Waals surface area contributed by atoms with Gasteiger partial charge in [0.2, 0.25) is 5.91 Å². The number of carbonyl (C=O) groups is 1. The van der Waals surface area contributed by atoms with Gasteiger partial charge in [-0.1, -0.05) is 30.3 Å². The minimum atomic E-state index is 0.0488. The molecule has 1 aromatic heterocycles. The molecule has 150 valence electrons. The van der Waals surface area contributed by atoms with E-state index >= 15 is 0 Å². The van der Waals surface area contributed by atoms with Crippen molar-refractivity contribution in [2.24, 2.45) is 13.0 Å². The largest absolute Gasteiger partial charge is 0.375 e. The van der Waals surface area contributed by atoms with Gasteiger partial charge in [-0.3, -0.25) is 14.4 Å². The molecule has 1 aromatic carbocycles. The Hall–Kier alpha value is -2.18. The van der Waals surface area contributed by atoms with Crippen LogP contribution in [0, 0.1) is 12.8 Å². The Kier molecular flexibility index (Phi) is 5.78. The molecular weight excluding hydrogens is 352 g/mol. The van der Waals surface area contributed by atoms with E-state index in [1.54, 1.807) is 0 Å². The van der Waals surface area contributed by atoms with Gasteiger partial charge < -0.3 is 9.64 Å². The highest BCUT2D eigenvalue weighted by Crippen LogP contribution is 2.29. The van der Waals surface area contributed by atoms with Crippen LogP contribution >= 0.6 is 0 Å². The topological polar surface area (TPSA) is 50.6 Å². The Balaban J connectivity index is 1.47. The molecule has 1 aliphatic carbocycles. The number of benzene rings is 1.